The summed E-state index contributed by atoms with van der Waals surface area (Å²) in [4.78, 5) is 29.0. The molecule has 1 fully saturated rings. The second-order valence-electron chi connectivity index (χ2n) is 7.49. The quantitative estimate of drug-likeness (QED) is 0.797. The predicted molar refractivity (Wildman–Crippen MR) is 103 cm³/mol. The van der Waals surface area contributed by atoms with Gasteiger partial charge in [-0.3, -0.25) is 9.59 Å². The van der Waals surface area contributed by atoms with Crippen molar-refractivity contribution < 1.29 is 18.4 Å². The van der Waals surface area contributed by atoms with Crippen molar-refractivity contribution in [2.45, 2.75) is 31.3 Å². The number of hydrogen-bond donors (Lipinski definition) is 0. The van der Waals surface area contributed by atoms with Gasteiger partial charge in [0, 0.05) is 32.5 Å². The first-order valence-electron chi connectivity index (χ1n) is 9.16. The number of rotatable bonds is 4. The Morgan fingerprint density at radius 3 is 2.38 bits per heavy atom. The highest BCUT2D eigenvalue weighted by atomic mass is 19.1. The first kappa shape index (κ1) is 20.5. The number of piperazine rings is 1. The molecule has 0 N–H and O–H groups in total. The summed E-state index contributed by atoms with van der Waals surface area (Å²) >= 11 is 0. The number of carbonyl (C=O) groups excluding carboxylic acids is 2. The lowest BCUT2D eigenvalue weighted by Gasteiger charge is -2.48. The second kappa shape index (κ2) is 7.63. The summed E-state index contributed by atoms with van der Waals surface area (Å²) in [5.74, 6) is -1.61. The molecule has 2 aromatic rings. The minimum atomic E-state index is -1.16. The van der Waals surface area contributed by atoms with Crippen molar-refractivity contribution in [3.63, 3.8) is 0 Å². The summed E-state index contributed by atoms with van der Waals surface area (Å²) in [6.07, 6.45) is 0.127. The molecule has 2 amide bonds. The highest BCUT2D eigenvalue weighted by molar-refractivity contribution is 5.99. The van der Waals surface area contributed by atoms with Gasteiger partial charge >= 0.3 is 0 Å². The van der Waals surface area contributed by atoms with E-state index in [1.54, 1.807) is 19.1 Å². The summed E-state index contributed by atoms with van der Waals surface area (Å²) in [5, 5.41) is 9.26. The van der Waals surface area contributed by atoms with Crippen LogP contribution in [0.15, 0.2) is 42.5 Å². The van der Waals surface area contributed by atoms with Crippen LogP contribution in [0.1, 0.15) is 23.6 Å². The van der Waals surface area contributed by atoms with Crippen LogP contribution in [0.3, 0.4) is 0 Å². The third-order valence-corrected chi connectivity index (χ3v) is 5.70. The van der Waals surface area contributed by atoms with E-state index in [2.05, 4.69) is 0 Å². The lowest BCUT2D eigenvalue weighted by atomic mass is 9.85. The molecule has 1 aliphatic rings. The fraction of sp³-hybridized carbons (Fsp3) is 0.318. The van der Waals surface area contributed by atoms with Gasteiger partial charge in [0.25, 0.3) is 0 Å². The van der Waals surface area contributed by atoms with Crippen LogP contribution in [0.25, 0.3) is 0 Å². The van der Waals surface area contributed by atoms with E-state index >= 15 is 0 Å². The van der Waals surface area contributed by atoms with E-state index in [9.17, 15) is 23.6 Å². The van der Waals surface area contributed by atoms with Crippen molar-refractivity contribution in [1.29, 1.82) is 5.26 Å². The zero-order valence-corrected chi connectivity index (χ0v) is 16.4. The molecule has 0 saturated carbocycles. The molecule has 2 unspecified atom stereocenters. The summed E-state index contributed by atoms with van der Waals surface area (Å²) in [6, 6.07) is 10.9. The molecular formula is C22H21F2N3O2. The lowest BCUT2D eigenvalue weighted by molar-refractivity contribution is -0.166. The van der Waals surface area contributed by atoms with Gasteiger partial charge in [0.2, 0.25) is 11.8 Å². The molecule has 1 heterocycles. The van der Waals surface area contributed by atoms with E-state index in [1.165, 1.54) is 54.2 Å². The van der Waals surface area contributed by atoms with Gasteiger partial charge in [-0.05, 0) is 36.8 Å². The SMILES string of the molecule is CN1C(=O)C(C)(Cc2ccc(F)cc2)N(C)C(=O)C1Cc1c(F)cccc1C#N. The Labute approximate surface area is 168 Å². The van der Waals surface area contributed by atoms with Gasteiger partial charge in [-0.2, -0.15) is 5.26 Å². The number of likely N-dealkylation sites (N-methyl/N-ethyl adjacent to an activating group) is 2. The van der Waals surface area contributed by atoms with Crippen molar-refractivity contribution in [2.24, 2.45) is 0 Å². The third kappa shape index (κ3) is 3.58. The Balaban J connectivity index is 1.91. The van der Waals surface area contributed by atoms with E-state index in [0.29, 0.717) is 0 Å². The first-order chi connectivity index (χ1) is 13.7. The molecule has 0 bridgehead atoms. The van der Waals surface area contributed by atoms with Gasteiger partial charge in [-0.25, -0.2) is 8.78 Å². The first-order valence-corrected chi connectivity index (χ1v) is 9.16. The maximum atomic E-state index is 14.3. The molecule has 1 aliphatic heterocycles. The molecule has 0 aromatic heterocycles. The summed E-state index contributed by atoms with van der Waals surface area (Å²) in [6.45, 7) is 1.66. The summed E-state index contributed by atoms with van der Waals surface area (Å²) in [5.41, 5.74) is -0.188. The molecule has 0 spiro atoms. The maximum absolute atomic E-state index is 14.3. The average Bonchev–Trinajstić information content (AvgIpc) is 2.71. The average molecular weight is 397 g/mol. The van der Waals surface area contributed by atoms with E-state index in [0.717, 1.165) is 5.56 Å². The van der Waals surface area contributed by atoms with Crippen molar-refractivity contribution in [3.05, 3.63) is 70.8 Å². The number of halogens is 2. The zero-order chi connectivity index (χ0) is 21.3. The van der Waals surface area contributed by atoms with Gasteiger partial charge in [-0.1, -0.05) is 18.2 Å². The van der Waals surface area contributed by atoms with Crippen LogP contribution in [0.2, 0.25) is 0 Å². The zero-order valence-electron chi connectivity index (χ0n) is 16.4. The van der Waals surface area contributed by atoms with Crippen molar-refractivity contribution in [3.8, 4) is 6.07 Å². The number of carbonyl (C=O) groups is 2. The van der Waals surface area contributed by atoms with Gasteiger partial charge in [-0.15, -0.1) is 0 Å². The molecule has 0 aliphatic carbocycles. The Morgan fingerprint density at radius 1 is 1.10 bits per heavy atom. The fourth-order valence-corrected chi connectivity index (χ4v) is 3.78. The molecule has 150 valence electrons. The summed E-state index contributed by atoms with van der Waals surface area (Å²) < 4.78 is 27.5. The van der Waals surface area contributed by atoms with Gasteiger partial charge in [0.15, 0.2) is 0 Å². The Bertz CT molecular complexity index is 1000. The standard InChI is InChI=1S/C22H21F2N3O2/c1-22(12-14-7-9-16(23)10-8-14)21(29)26(2)19(20(28)27(22)3)11-17-15(13-25)5-4-6-18(17)24/h4-10,19H,11-12H2,1-3H3. The van der Waals surface area contributed by atoms with Crippen LogP contribution in [-0.4, -0.2) is 47.3 Å². The van der Waals surface area contributed by atoms with Gasteiger partial charge in [0.1, 0.15) is 23.2 Å². The van der Waals surface area contributed by atoms with Gasteiger partial charge in [0.05, 0.1) is 11.6 Å². The van der Waals surface area contributed by atoms with Crippen molar-refractivity contribution >= 4 is 11.8 Å². The molecule has 0 radical (unpaired) electrons. The monoisotopic (exact) mass is 397 g/mol. The van der Waals surface area contributed by atoms with Crippen molar-refractivity contribution in [1.82, 2.24) is 9.80 Å². The van der Waals surface area contributed by atoms with Crippen LogP contribution < -0.4 is 0 Å². The normalized spacial score (nSPS) is 22.0. The minimum absolute atomic E-state index is 0.0897. The molecular weight excluding hydrogens is 376 g/mol. The topological polar surface area (TPSA) is 64.4 Å². The van der Waals surface area contributed by atoms with Crippen LogP contribution in [0.4, 0.5) is 8.78 Å². The van der Waals surface area contributed by atoms with E-state index in [-0.39, 0.29) is 41.6 Å². The smallest absolute Gasteiger partial charge is 0.249 e. The molecule has 5 nitrogen and oxygen atoms in total. The van der Waals surface area contributed by atoms with E-state index in [4.69, 9.17) is 0 Å². The Morgan fingerprint density at radius 2 is 1.76 bits per heavy atom. The Kier molecular flexibility index (Phi) is 5.38. The van der Waals surface area contributed by atoms with Gasteiger partial charge < -0.3 is 9.80 Å². The van der Waals surface area contributed by atoms with Crippen LogP contribution in [0.5, 0.6) is 0 Å². The van der Waals surface area contributed by atoms with Crippen LogP contribution in [0, 0.1) is 23.0 Å². The third-order valence-electron chi connectivity index (χ3n) is 5.70. The van der Waals surface area contributed by atoms with Crippen LogP contribution in [-0.2, 0) is 22.4 Å². The largest absolute Gasteiger partial charge is 0.331 e. The molecule has 2 aromatic carbocycles. The minimum Gasteiger partial charge on any atom is -0.331 e. The summed E-state index contributed by atoms with van der Waals surface area (Å²) in [7, 11) is 3.05. The highest BCUT2D eigenvalue weighted by Crippen LogP contribution is 2.30. The predicted octanol–water partition coefficient (Wildman–Crippen LogP) is 2.68. The maximum Gasteiger partial charge on any atom is 0.249 e. The van der Waals surface area contributed by atoms with E-state index in [1.807, 2.05) is 6.07 Å². The highest BCUT2D eigenvalue weighted by Gasteiger charge is 2.50. The van der Waals surface area contributed by atoms with Crippen LogP contribution >= 0.6 is 0 Å². The number of hydrogen-bond acceptors (Lipinski definition) is 3. The lowest BCUT2D eigenvalue weighted by Crippen LogP contribution is -2.69. The number of amides is 2. The number of nitrogens with zero attached hydrogens (tertiary/aromatic N) is 3. The molecule has 7 heteroatoms. The number of benzene rings is 2. The fourth-order valence-electron chi connectivity index (χ4n) is 3.78. The molecule has 29 heavy (non-hydrogen) atoms. The number of nitriles is 1. The molecule has 1 saturated heterocycles. The van der Waals surface area contributed by atoms with Crippen molar-refractivity contribution in [2.75, 3.05) is 14.1 Å². The van der Waals surface area contributed by atoms with E-state index < -0.39 is 17.4 Å². The molecule has 3 rings (SSSR count). The Hall–Kier alpha value is -3.27. The second-order valence-corrected chi connectivity index (χ2v) is 7.49. The molecule has 2 atom stereocenters.